The summed E-state index contributed by atoms with van der Waals surface area (Å²) in [6, 6.07) is 12.5. The first kappa shape index (κ1) is 22.0. The van der Waals surface area contributed by atoms with Gasteiger partial charge in [0.05, 0.1) is 0 Å². The van der Waals surface area contributed by atoms with Crippen LogP contribution in [0.15, 0.2) is 54.6 Å². The third-order valence-corrected chi connectivity index (χ3v) is 3.99. The Kier molecular flexibility index (Phi) is 7.82. The van der Waals surface area contributed by atoms with Crippen molar-refractivity contribution in [2.75, 3.05) is 6.61 Å². The van der Waals surface area contributed by atoms with Crippen molar-refractivity contribution in [1.29, 1.82) is 0 Å². The number of carbonyl (C=O) groups is 3. The molecule has 1 atom stereocenters. The van der Waals surface area contributed by atoms with Gasteiger partial charge in [-0.1, -0.05) is 32.0 Å². The van der Waals surface area contributed by atoms with E-state index in [1.165, 1.54) is 24.3 Å². The maximum absolute atomic E-state index is 12.4. The standard InChI is InChI=1S/C21H21F2NO5/c1-13(2)18(24-19(26)15-6-4-3-5-7-15)20(27)28-12-17(25)14-8-10-16(11-9-14)29-21(22)23/h3-11,13,18,21H,12H2,1-2H3,(H,24,26)/t18-/m0/s1. The highest BCUT2D eigenvalue weighted by atomic mass is 19.3. The number of ether oxygens (including phenoxy) is 2. The average molecular weight is 405 g/mol. The summed E-state index contributed by atoms with van der Waals surface area (Å²) in [5, 5.41) is 2.61. The lowest BCUT2D eigenvalue weighted by Gasteiger charge is -2.20. The molecule has 0 bridgehead atoms. The summed E-state index contributed by atoms with van der Waals surface area (Å²) in [5.41, 5.74) is 0.571. The summed E-state index contributed by atoms with van der Waals surface area (Å²) in [4.78, 5) is 36.8. The van der Waals surface area contributed by atoms with Gasteiger partial charge < -0.3 is 14.8 Å². The maximum atomic E-state index is 12.4. The minimum Gasteiger partial charge on any atom is -0.456 e. The molecule has 154 valence electrons. The van der Waals surface area contributed by atoms with E-state index < -0.39 is 36.9 Å². The van der Waals surface area contributed by atoms with E-state index in [1.54, 1.807) is 44.2 Å². The number of esters is 1. The lowest BCUT2D eigenvalue weighted by molar-refractivity contribution is -0.145. The SMILES string of the molecule is CC(C)[C@H](NC(=O)c1ccccc1)C(=O)OCC(=O)c1ccc(OC(F)F)cc1. The van der Waals surface area contributed by atoms with Crippen molar-refractivity contribution >= 4 is 17.7 Å². The molecular formula is C21H21F2NO5. The zero-order valence-electron chi connectivity index (χ0n) is 15.9. The van der Waals surface area contributed by atoms with E-state index in [0.717, 1.165) is 0 Å². The summed E-state index contributed by atoms with van der Waals surface area (Å²) in [6.45, 7) is -0.0311. The van der Waals surface area contributed by atoms with Crippen molar-refractivity contribution in [3.63, 3.8) is 0 Å². The lowest BCUT2D eigenvalue weighted by atomic mass is 10.0. The van der Waals surface area contributed by atoms with Gasteiger partial charge in [0.15, 0.2) is 12.4 Å². The molecule has 1 N–H and O–H groups in total. The Morgan fingerprint density at radius 2 is 1.55 bits per heavy atom. The summed E-state index contributed by atoms with van der Waals surface area (Å²) >= 11 is 0. The van der Waals surface area contributed by atoms with Gasteiger partial charge in [0, 0.05) is 11.1 Å². The summed E-state index contributed by atoms with van der Waals surface area (Å²) < 4.78 is 33.6. The highest BCUT2D eigenvalue weighted by molar-refractivity contribution is 5.99. The predicted molar refractivity (Wildman–Crippen MR) is 101 cm³/mol. The van der Waals surface area contributed by atoms with Crippen LogP contribution < -0.4 is 10.1 Å². The summed E-state index contributed by atoms with van der Waals surface area (Å²) in [7, 11) is 0. The molecule has 1 amide bonds. The highest BCUT2D eigenvalue weighted by Gasteiger charge is 2.26. The number of alkyl halides is 2. The molecule has 6 nitrogen and oxygen atoms in total. The molecule has 0 radical (unpaired) electrons. The Hall–Kier alpha value is -3.29. The molecule has 0 saturated heterocycles. The van der Waals surface area contributed by atoms with Gasteiger partial charge in [-0.15, -0.1) is 0 Å². The lowest BCUT2D eigenvalue weighted by Crippen LogP contribution is -2.45. The van der Waals surface area contributed by atoms with Crippen LogP contribution in [0.2, 0.25) is 0 Å². The van der Waals surface area contributed by atoms with Crippen molar-refractivity contribution in [1.82, 2.24) is 5.32 Å². The second-order valence-corrected chi connectivity index (χ2v) is 6.49. The molecule has 0 aromatic heterocycles. The van der Waals surface area contributed by atoms with Crippen molar-refractivity contribution in [3.05, 3.63) is 65.7 Å². The number of amides is 1. The van der Waals surface area contributed by atoms with Gasteiger partial charge in [0.25, 0.3) is 5.91 Å². The Labute approximate surface area is 166 Å². The first-order valence-electron chi connectivity index (χ1n) is 8.88. The fourth-order valence-electron chi connectivity index (χ4n) is 2.44. The Bertz CT molecular complexity index is 838. The Morgan fingerprint density at radius 3 is 2.10 bits per heavy atom. The third-order valence-electron chi connectivity index (χ3n) is 3.99. The molecule has 2 aromatic rings. The molecule has 0 aliphatic rings. The molecule has 2 rings (SSSR count). The van der Waals surface area contributed by atoms with Crippen LogP contribution in [-0.4, -0.2) is 36.9 Å². The van der Waals surface area contributed by atoms with Crippen LogP contribution >= 0.6 is 0 Å². The van der Waals surface area contributed by atoms with Gasteiger partial charge in [0.1, 0.15) is 11.8 Å². The first-order chi connectivity index (χ1) is 13.8. The van der Waals surface area contributed by atoms with E-state index in [1.807, 2.05) is 0 Å². The number of hydrogen-bond donors (Lipinski definition) is 1. The number of ketones is 1. The summed E-state index contributed by atoms with van der Waals surface area (Å²) in [5.74, 6) is -2.04. The van der Waals surface area contributed by atoms with E-state index in [9.17, 15) is 23.2 Å². The van der Waals surface area contributed by atoms with Crippen LogP contribution in [0.5, 0.6) is 5.75 Å². The molecule has 29 heavy (non-hydrogen) atoms. The number of halogens is 2. The van der Waals surface area contributed by atoms with E-state index >= 15 is 0 Å². The molecule has 0 unspecified atom stereocenters. The normalized spacial score (nSPS) is 11.8. The molecule has 0 fully saturated rings. The van der Waals surface area contributed by atoms with E-state index in [2.05, 4.69) is 10.1 Å². The van der Waals surface area contributed by atoms with Crippen molar-refractivity contribution < 1.29 is 32.6 Å². The molecule has 8 heteroatoms. The average Bonchev–Trinajstić information content (AvgIpc) is 2.70. The van der Waals surface area contributed by atoms with Crippen LogP contribution in [-0.2, 0) is 9.53 Å². The van der Waals surface area contributed by atoms with Crippen LogP contribution in [0, 0.1) is 5.92 Å². The smallest absolute Gasteiger partial charge is 0.387 e. The fourth-order valence-corrected chi connectivity index (χ4v) is 2.44. The van der Waals surface area contributed by atoms with Gasteiger partial charge >= 0.3 is 12.6 Å². The van der Waals surface area contributed by atoms with Crippen LogP contribution in [0.3, 0.4) is 0 Å². The second-order valence-electron chi connectivity index (χ2n) is 6.49. The zero-order valence-corrected chi connectivity index (χ0v) is 15.9. The van der Waals surface area contributed by atoms with Gasteiger partial charge in [0.2, 0.25) is 0 Å². The molecule has 0 saturated carbocycles. The molecule has 0 heterocycles. The molecule has 0 aliphatic carbocycles. The van der Waals surface area contributed by atoms with Gasteiger partial charge in [-0.2, -0.15) is 8.78 Å². The minimum absolute atomic E-state index is 0.0861. The molecular weight excluding hydrogens is 384 g/mol. The van der Waals surface area contributed by atoms with Crippen molar-refractivity contribution in [2.45, 2.75) is 26.5 Å². The van der Waals surface area contributed by atoms with E-state index in [0.29, 0.717) is 5.56 Å². The third kappa shape index (κ3) is 6.67. The number of Topliss-reactive ketones (excluding diaryl/α,β-unsaturated/α-hetero) is 1. The van der Waals surface area contributed by atoms with Crippen LogP contribution in [0.4, 0.5) is 8.78 Å². The molecule has 0 spiro atoms. The largest absolute Gasteiger partial charge is 0.456 e. The van der Waals surface area contributed by atoms with Crippen LogP contribution in [0.1, 0.15) is 34.6 Å². The van der Waals surface area contributed by atoms with Crippen LogP contribution in [0.25, 0.3) is 0 Å². The Morgan fingerprint density at radius 1 is 0.931 bits per heavy atom. The van der Waals surface area contributed by atoms with Crippen molar-refractivity contribution in [3.8, 4) is 5.75 Å². The number of rotatable bonds is 9. The quantitative estimate of drug-likeness (QED) is 0.510. The zero-order chi connectivity index (χ0) is 21.4. The topological polar surface area (TPSA) is 81.7 Å². The maximum Gasteiger partial charge on any atom is 0.387 e. The first-order valence-corrected chi connectivity index (χ1v) is 8.88. The second kappa shape index (κ2) is 10.3. The molecule has 2 aromatic carbocycles. The van der Waals surface area contributed by atoms with Gasteiger partial charge in [-0.3, -0.25) is 9.59 Å². The minimum atomic E-state index is -2.96. The van der Waals surface area contributed by atoms with E-state index in [4.69, 9.17) is 4.74 Å². The molecule has 0 aliphatic heterocycles. The fraction of sp³-hybridized carbons (Fsp3) is 0.286. The monoisotopic (exact) mass is 405 g/mol. The predicted octanol–water partition coefficient (Wildman–Crippen LogP) is 3.47. The number of nitrogens with one attached hydrogen (secondary N) is 1. The van der Waals surface area contributed by atoms with Gasteiger partial charge in [-0.05, 0) is 42.3 Å². The van der Waals surface area contributed by atoms with E-state index in [-0.39, 0.29) is 17.2 Å². The van der Waals surface area contributed by atoms with Gasteiger partial charge in [-0.25, -0.2) is 4.79 Å². The number of carbonyl (C=O) groups excluding carboxylic acids is 3. The number of benzene rings is 2. The highest BCUT2D eigenvalue weighted by Crippen LogP contribution is 2.15. The Balaban J connectivity index is 1.94. The van der Waals surface area contributed by atoms with Crippen molar-refractivity contribution in [2.24, 2.45) is 5.92 Å². The number of hydrogen-bond acceptors (Lipinski definition) is 5. The summed E-state index contributed by atoms with van der Waals surface area (Å²) in [6.07, 6.45) is 0.